The maximum absolute atomic E-state index is 2.23. The van der Waals surface area contributed by atoms with Crippen molar-refractivity contribution in [2.24, 2.45) is 0 Å². The first kappa shape index (κ1) is 22.4. The van der Waals surface area contributed by atoms with E-state index in [9.17, 15) is 0 Å². The molecular formula is C17H24Pt. The number of hydrogen-bond donors (Lipinski definition) is 0. The first-order chi connectivity index (χ1) is 6.77. The van der Waals surface area contributed by atoms with Crippen molar-refractivity contribution in [2.45, 2.75) is 20.3 Å². The molecule has 0 aliphatic rings. The van der Waals surface area contributed by atoms with E-state index in [4.69, 9.17) is 0 Å². The third-order valence-corrected chi connectivity index (χ3v) is 2.85. The number of rotatable bonds is 2. The van der Waals surface area contributed by atoms with Crippen molar-refractivity contribution in [3.05, 3.63) is 87.0 Å². The second-order valence-electron chi connectivity index (χ2n) is 3.83. The maximum atomic E-state index is 2.23. The van der Waals surface area contributed by atoms with Gasteiger partial charge >= 0.3 is 21.1 Å². The Morgan fingerprint density at radius 3 is 1.89 bits per heavy atom. The number of benzene rings is 1. The van der Waals surface area contributed by atoms with E-state index in [1.54, 1.807) is 0 Å². The topological polar surface area (TPSA) is 0 Å². The molecule has 0 heterocycles. The van der Waals surface area contributed by atoms with Gasteiger partial charge in [0.05, 0.1) is 0 Å². The van der Waals surface area contributed by atoms with Crippen LogP contribution >= 0.6 is 0 Å². The smallest absolute Gasteiger partial charge is 0.358 e. The summed E-state index contributed by atoms with van der Waals surface area (Å²) in [4.78, 5) is 0. The molecule has 2 rings (SSSR count). The van der Waals surface area contributed by atoms with E-state index in [2.05, 4.69) is 56.3 Å². The molecule has 0 atom stereocenters. The summed E-state index contributed by atoms with van der Waals surface area (Å²) in [5.74, 6) is 0. The van der Waals surface area contributed by atoms with Crippen molar-refractivity contribution in [1.82, 2.24) is 0 Å². The van der Waals surface area contributed by atoms with Crippen LogP contribution in [0.25, 0.3) is 0 Å². The first-order valence-corrected chi connectivity index (χ1v) is 5.03. The maximum Gasteiger partial charge on any atom is 4.00 e. The van der Waals surface area contributed by atoms with Crippen LogP contribution in [0, 0.1) is 36.1 Å². The summed E-state index contributed by atoms with van der Waals surface area (Å²) in [7, 11) is 0. The third-order valence-electron chi connectivity index (χ3n) is 2.85. The van der Waals surface area contributed by atoms with Crippen LogP contribution in [0.4, 0.5) is 0 Å². The molecule has 0 saturated carbocycles. The van der Waals surface area contributed by atoms with Crippen LogP contribution in [0.5, 0.6) is 0 Å². The van der Waals surface area contributed by atoms with Gasteiger partial charge in [0.25, 0.3) is 0 Å². The van der Waals surface area contributed by atoms with Crippen LogP contribution < -0.4 is 0 Å². The Bertz CT molecular complexity index is 412. The summed E-state index contributed by atoms with van der Waals surface area (Å²) in [5.41, 5.74) is 5.68. The van der Waals surface area contributed by atoms with Crippen LogP contribution in [0.15, 0.2) is 42.5 Å². The molecule has 0 saturated heterocycles. The molecule has 0 amide bonds. The summed E-state index contributed by atoms with van der Waals surface area (Å²) in [6.45, 7) is 4.37. The van der Waals surface area contributed by atoms with Gasteiger partial charge in [-0.3, -0.25) is 0 Å². The van der Waals surface area contributed by atoms with Gasteiger partial charge in [0.2, 0.25) is 0 Å². The molecule has 0 unspecified atom stereocenters. The van der Waals surface area contributed by atoms with Crippen LogP contribution in [0.2, 0.25) is 0 Å². The molecule has 2 aromatic carbocycles. The normalized spacial score (nSPS) is 8.11. The summed E-state index contributed by atoms with van der Waals surface area (Å²) >= 11 is 0. The standard InChI is InChI=1S/C14H15.3CH3.Pt/c1-11-8-9-14(12(11)2)10-13-6-4-3-5-7-13;;;;/h3-9H,10H2,1-2H3;3*1H3;/q4*-1;+4. The molecule has 0 aliphatic carbocycles. The van der Waals surface area contributed by atoms with Gasteiger partial charge < -0.3 is 22.3 Å². The molecular weight excluding hydrogens is 399 g/mol. The van der Waals surface area contributed by atoms with Crippen LogP contribution in [-0.4, -0.2) is 0 Å². The molecule has 0 fully saturated rings. The third kappa shape index (κ3) is 5.27. The molecule has 0 N–H and O–H groups in total. The van der Waals surface area contributed by atoms with Crippen molar-refractivity contribution >= 4 is 0 Å². The fourth-order valence-corrected chi connectivity index (χ4v) is 1.74. The van der Waals surface area contributed by atoms with Crippen LogP contribution in [0.3, 0.4) is 0 Å². The van der Waals surface area contributed by atoms with E-state index in [1.807, 2.05) is 0 Å². The van der Waals surface area contributed by atoms with E-state index in [0.717, 1.165) is 6.42 Å². The second kappa shape index (κ2) is 10.2. The fraction of sp³-hybridized carbons (Fsp3) is 0.176. The average Bonchev–Trinajstić information content (AvgIpc) is 2.52. The molecule has 0 bridgehead atoms. The quantitative estimate of drug-likeness (QED) is 0.599. The minimum atomic E-state index is 0. The minimum absolute atomic E-state index is 0. The van der Waals surface area contributed by atoms with Gasteiger partial charge in [0, 0.05) is 0 Å². The largest absolute Gasteiger partial charge is 4.00 e. The van der Waals surface area contributed by atoms with E-state index in [0.29, 0.717) is 0 Å². The Balaban J connectivity index is -0.000000562. The number of hydrogen-bond acceptors (Lipinski definition) is 0. The van der Waals surface area contributed by atoms with Crippen molar-refractivity contribution in [1.29, 1.82) is 0 Å². The zero-order valence-electron chi connectivity index (χ0n) is 12.1. The summed E-state index contributed by atoms with van der Waals surface area (Å²) in [6.07, 6.45) is 1.06. The van der Waals surface area contributed by atoms with Gasteiger partial charge in [-0.05, 0) is 6.42 Å². The summed E-state index contributed by atoms with van der Waals surface area (Å²) in [5, 5.41) is 0. The zero-order valence-corrected chi connectivity index (χ0v) is 14.3. The van der Waals surface area contributed by atoms with Gasteiger partial charge in [-0.2, -0.15) is 17.2 Å². The molecule has 2 aromatic rings. The van der Waals surface area contributed by atoms with E-state index in [-0.39, 0.29) is 43.3 Å². The number of aryl methyl sites for hydroxylation is 1. The van der Waals surface area contributed by atoms with Crippen LogP contribution in [-0.2, 0) is 27.5 Å². The Labute approximate surface area is 128 Å². The summed E-state index contributed by atoms with van der Waals surface area (Å²) in [6, 6.07) is 15.1. The zero-order chi connectivity index (χ0) is 9.97. The molecule has 0 aromatic heterocycles. The van der Waals surface area contributed by atoms with Crippen molar-refractivity contribution < 1.29 is 21.1 Å². The van der Waals surface area contributed by atoms with Crippen molar-refractivity contribution in [3.8, 4) is 0 Å². The Morgan fingerprint density at radius 1 is 0.889 bits per heavy atom. The summed E-state index contributed by atoms with van der Waals surface area (Å²) < 4.78 is 0. The monoisotopic (exact) mass is 423 g/mol. The van der Waals surface area contributed by atoms with E-state index < -0.39 is 0 Å². The molecule has 0 spiro atoms. The fourth-order valence-electron chi connectivity index (χ4n) is 1.74. The first-order valence-electron chi connectivity index (χ1n) is 5.03. The molecule has 0 radical (unpaired) electrons. The van der Waals surface area contributed by atoms with Crippen LogP contribution in [0.1, 0.15) is 22.3 Å². The van der Waals surface area contributed by atoms with E-state index >= 15 is 0 Å². The predicted octanol–water partition coefficient (Wildman–Crippen LogP) is 4.96. The molecule has 1 heteroatoms. The van der Waals surface area contributed by atoms with Gasteiger partial charge in [-0.25, -0.2) is 6.07 Å². The van der Waals surface area contributed by atoms with Gasteiger partial charge in [0.15, 0.2) is 0 Å². The van der Waals surface area contributed by atoms with E-state index in [1.165, 1.54) is 22.3 Å². The molecule has 0 nitrogen and oxygen atoms in total. The van der Waals surface area contributed by atoms with Crippen molar-refractivity contribution in [3.63, 3.8) is 0 Å². The molecule has 18 heavy (non-hydrogen) atoms. The van der Waals surface area contributed by atoms with Gasteiger partial charge in [-0.15, -0.1) is 5.56 Å². The van der Waals surface area contributed by atoms with Crippen molar-refractivity contribution in [2.75, 3.05) is 0 Å². The minimum Gasteiger partial charge on any atom is -0.358 e. The SMILES string of the molecule is Cc1cc[c-](Cc2ccccc2)c1C.[CH3-].[CH3-].[CH3-].[Pt+4]. The van der Waals surface area contributed by atoms with Gasteiger partial charge in [-0.1, -0.05) is 49.7 Å². The Hall–Kier alpha value is -0.742. The average molecular weight is 423 g/mol. The van der Waals surface area contributed by atoms with Gasteiger partial charge in [0.1, 0.15) is 0 Å². The Kier molecular flexibility index (Phi) is 12.7. The molecule has 0 aliphatic heterocycles. The Morgan fingerprint density at radius 2 is 1.44 bits per heavy atom. The predicted molar refractivity (Wildman–Crippen MR) is 80.0 cm³/mol. The molecule has 102 valence electrons. The second-order valence-corrected chi connectivity index (χ2v) is 3.83.